The van der Waals surface area contributed by atoms with Gasteiger partial charge in [-0.15, -0.1) is 15.3 Å². The van der Waals surface area contributed by atoms with Gasteiger partial charge in [-0.2, -0.15) is 4.52 Å². The van der Waals surface area contributed by atoms with E-state index in [0.29, 0.717) is 24.4 Å². The summed E-state index contributed by atoms with van der Waals surface area (Å²) < 4.78 is 15.4. The number of aromatic nitrogens is 4. The molecule has 0 saturated carbocycles. The Labute approximate surface area is 173 Å². The maximum absolute atomic E-state index is 13.7. The van der Waals surface area contributed by atoms with Gasteiger partial charge in [0.1, 0.15) is 11.6 Å². The summed E-state index contributed by atoms with van der Waals surface area (Å²) in [6, 6.07) is 19.8. The van der Waals surface area contributed by atoms with Crippen LogP contribution in [0.3, 0.4) is 0 Å². The van der Waals surface area contributed by atoms with Crippen molar-refractivity contribution in [2.45, 2.75) is 12.8 Å². The number of hydrogen-bond acceptors (Lipinski definition) is 5. The Balaban J connectivity index is 1.35. The van der Waals surface area contributed by atoms with E-state index in [1.165, 1.54) is 17.7 Å². The molecule has 7 nitrogen and oxygen atoms in total. The highest BCUT2D eigenvalue weighted by Gasteiger charge is 2.12. The number of benzene rings is 2. The molecular formula is C22H21FN6O. The van der Waals surface area contributed by atoms with Gasteiger partial charge in [0, 0.05) is 19.5 Å². The van der Waals surface area contributed by atoms with Gasteiger partial charge in [-0.05, 0) is 36.2 Å². The van der Waals surface area contributed by atoms with Gasteiger partial charge in [0.15, 0.2) is 11.5 Å². The summed E-state index contributed by atoms with van der Waals surface area (Å²) in [5.41, 5.74) is 1.90. The number of carbonyl (C=O) groups is 1. The molecule has 2 aromatic heterocycles. The SMILES string of the molecule is O=C(NCCc1nnc2ccc(NCCc3ccccc3)nn12)c1ccccc1F. The first-order chi connectivity index (χ1) is 14.7. The van der Waals surface area contributed by atoms with Gasteiger partial charge in [-0.25, -0.2) is 4.39 Å². The third-order valence-corrected chi connectivity index (χ3v) is 4.64. The van der Waals surface area contributed by atoms with Crippen LogP contribution in [0.4, 0.5) is 10.2 Å². The molecule has 2 N–H and O–H groups in total. The van der Waals surface area contributed by atoms with Crippen molar-refractivity contribution in [2.75, 3.05) is 18.4 Å². The fourth-order valence-corrected chi connectivity index (χ4v) is 3.09. The molecule has 0 aliphatic rings. The van der Waals surface area contributed by atoms with Crippen molar-refractivity contribution in [3.05, 3.63) is 89.5 Å². The normalized spacial score (nSPS) is 10.8. The van der Waals surface area contributed by atoms with Crippen LogP contribution in [0.25, 0.3) is 5.65 Å². The van der Waals surface area contributed by atoms with Crippen molar-refractivity contribution < 1.29 is 9.18 Å². The molecule has 4 aromatic rings. The highest BCUT2D eigenvalue weighted by atomic mass is 19.1. The molecule has 4 rings (SSSR count). The molecule has 152 valence electrons. The van der Waals surface area contributed by atoms with Crippen LogP contribution >= 0.6 is 0 Å². The second-order valence-electron chi connectivity index (χ2n) is 6.75. The standard InChI is InChI=1S/C22H21FN6O/c23-18-9-5-4-8-17(18)22(30)25-15-13-21-27-26-20-11-10-19(28-29(20)21)24-14-12-16-6-2-1-3-7-16/h1-11H,12-15H2,(H,24,28)(H,25,30). The second kappa shape index (κ2) is 9.13. The highest BCUT2D eigenvalue weighted by molar-refractivity contribution is 5.94. The third kappa shape index (κ3) is 4.60. The van der Waals surface area contributed by atoms with Crippen LogP contribution in [0.5, 0.6) is 0 Å². The first-order valence-electron chi connectivity index (χ1n) is 9.72. The van der Waals surface area contributed by atoms with Crippen molar-refractivity contribution >= 4 is 17.4 Å². The summed E-state index contributed by atoms with van der Waals surface area (Å²) in [5.74, 6) is 0.328. The lowest BCUT2D eigenvalue weighted by Crippen LogP contribution is -2.27. The zero-order valence-electron chi connectivity index (χ0n) is 16.3. The summed E-state index contributed by atoms with van der Waals surface area (Å²) in [7, 11) is 0. The highest BCUT2D eigenvalue weighted by Crippen LogP contribution is 2.09. The number of fused-ring (bicyclic) bond motifs is 1. The van der Waals surface area contributed by atoms with Gasteiger partial charge >= 0.3 is 0 Å². The average molecular weight is 404 g/mol. The minimum atomic E-state index is -0.546. The topological polar surface area (TPSA) is 84.2 Å². The van der Waals surface area contributed by atoms with Gasteiger partial charge < -0.3 is 10.6 Å². The zero-order valence-corrected chi connectivity index (χ0v) is 16.3. The Bertz CT molecular complexity index is 1140. The van der Waals surface area contributed by atoms with Gasteiger partial charge in [0.05, 0.1) is 5.56 Å². The van der Waals surface area contributed by atoms with Crippen LogP contribution in [0, 0.1) is 5.82 Å². The van der Waals surface area contributed by atoms with Gasteiger partial charge in [0.25, 0.3) is 5.91 Å². The van der Waals surface area contributed by atoms with E-state index in [9.17, 15) is 9.18 Å². The second-order valence-corrected chi connectivity index (χ2v) is 6.75. The van der Waals surface area contributed by atoms with E-state index >= 15 is 0 Å². The van der Waals surface area contributed by atoms with Crippen LogP contribution in [-0.2, 0) is 12.8 Å². The Morgan fingerprint density at radius 1 is 0.900 bits per heavy atom. The molecule has 2 aromatic carbocycles. The maximum atomic E-state index is 13.7. The van der Waals surface area contributed by atoms with Crippen molar-refractivity contribution in [1.82, 2.24) is 25.1 Å². The summed E-state index contributed by atoms with van der Waals surface area (Å²) >= 11 is 0. The average Bonchev–Trinajstić information content (AvgIpc) is 3.17. The summed E-state index contributed by atoms with van der Waals surface area (Å²) in [4.78, 5) is 12.1. The number of halogens is 1. The lowest BCUT2D eigenvalue weighted by molar-refractivity contribution is 0.0950. The Kier molecular flexibility index (Phi) is 5.93. The van der Waals surface area contributed by atoms with Gasteiger partial charge in [-0.3, -0.25) is 4.79 Å². The molecule has 30 heavy (non-hydrogen) atoms. The Morgan fingerprint density at radius 3 is 2.53 bits per heavy atom. The molecule has 0 atom stereocenters. The predicted molar refractivity (Wildman–Crippen MR) is 112 cm³/mol. The molecule has 0 aliphatic carbocycles. The summed E-state index contributed by atoms with van der Waals surface area (Å²) in [5, 5.41) is 18.8. The number of carbonyl (C=O) groups excluding carboxylic acids is 1. The van der Waals surface area contributed by atoms with Crippen molar-refractivity contribution in [2.24, 2.45) is 0 Å². The Hall–Kier alpha value is -3.81. The smallest absolute Gasteiger partial charge is 0.254 e. The minimum absolute atomic E-state index is 0.0200. The van der Waals surface area contributed by atoms with E-state index in [-0.39, 0.29) is 5.56 Å². The lowest BCUT2D eigenvalue weighted by atomic mass is 10.1. The van der Waals surface area contributed by atoms with Crippen LogP contribution in [-0.4, -0.2) is 38.8 Å². The molecule has 0 radical (unpaired) electrons. The van der Waals surface area contributed by atoms with Crippen molar-refractivity contribution in [1.29, 1.82) is 0 Å². The van der Waals surface area contributed by atoms with Crippen LogP contribution in [0.1, 0.15) is 21.7 Å². The predicted octanol–water partition coefficient (Wildman–Crippen LogP) is 2.89. The van der Waals surface area contributed by atoms with Crippen molar-refractivity contribution in [3.63, 3.8) is 0 Å². The minimum Gasteiger partial charge on any atom is -0.368 e. The van der Waals surface area contributed by atoms with E-state index < -0.39 is 11.7 Å². The van der Waals surface area contributed by atoms with Crippen molar-refractivity contribution in [3.8, 4) is 0 Å². The van der Waals surface area contributed by atoms with E-state index in [1.807, 2.05) is 30.3 Å². The number of nitrogens with one attached hydrogen (secondary N) is 2. The first-order valence-corrected chi connectivity index (χ1v) is 9.72. The molecule has 2 heterocycles. The largest absolute Gasteiger partial charge is 0.368 e. The molecule has 0 fully saturated rings. The molecule has 0 bridgehead atoms. The molecule has 0 unspecified atom stereocenters. The molecule has 8 heteroatoms. The molecule has 0 saturated heterocycles. The molecular weight excluding hydrogens is 383 g/mol. The van der Waals surface area contributed by atoms with E-state index in [1.54, 1.807) is 16.6 Å². The number of anilines is 1. The lowest BCUT2D eigenvalue weighted by Gasteiger charge is -2.07. The fourth-order valence-electron chi connectivity index (χ4n) is 3.09. The monoisotopic (exact) mass is 404 g/mol. The zero-order chi connectivity index (χ0) is 20.8. The third-order valence-electron chi connectivity index (χ3n) is 4.64. The summed E-state index contributed by atoms with van der Waals surface area (Å²) in [6.07, 6.45) is 1.31. The van der Waals surface area contributed by atoms with E-state index in [0.717, 1.165) is 18.8 Å². The quantitative estimate of drug-likeness (QED) is 0.472. The number of nitrogens with zero attached hydrogens (tertiary/aromatic N) is 4. The number of rotatable bonds is 8. The molecule has 0 aliphatic heterocycles. The number of hydrogen-bond donors (Lipinski definition) is 2. The van der Waals surface area contributed by atoms with Gasteiger partial charge in [-0.1, -0.05) is 42.5 Å². The maximum Gasteiger partial charge on any atom is 0.254 e. The fraction of sp³-hybridized carbons (Fsp3) is 0.182. The van der Waals surface area contributed by atoms with Crippen LogP contribution in [0.2, 0.25) is 0 Å². The van der Waals surface area contributed by atoms with Crippen LogP contribution in [0.15, 0.2) is 66.7 Å². The molecule has 1 amide bonds. The van der Waals surface area contributed by atoms with Gasteiger partial charge in [0.2, 0.25) is 0 Å². The Morgan fingerprint density at radius 2 is 1.70 bits per heavy atom. The number of amides is 1. The first kappa shape index (κ1) is 19.5. The van der Waals surface area contributed by atoms with E-state index in [4.69, 9.17) is 0 Å². The van der Waals surface area contributed by atoms with Crippen LogP contribution < -0.4 is 10.6 Å². The van der Waals surface area contributed by atoms with E-state index in [2.05, 4.69) is 38.1 Å². The molecule has 0 spiro atoms. The summed E-state index contributed by atoms with van der Waals surface area (Å²) in [6.45, 7) is 1.04.